The predicted octanol–water partition coefficient (Wildman–Crippen LogP) is -0.610. The zero-order valence-electron chi connectivity index (χ0n) is 14.8. The number of carbonyl (C=O) groups excluding carboxylic acids is 2. The molecule has 0 saturated carbocycles. The second-order valence-corrected chi connectivity index (χ2v) is 6.73. The summed E-state index contributed by atoms with van der Waals surface area (Å²) >= 11 is 0. The number of aliphatic hydroxyl groups excluding tert-OH is 1. The van der Waals surface area contributed by atoms with Crippen LogP contribution in [0.5, 0.6) is 0 Å². The van der Waals surface area contributed by atoms with Crippen molar-refractivity contribution in [2.75, 3.05) is 32.7 Å². The highest BCUT2D eigenvalue weighted by Crippen LogP contribution is 2.13. The van der Waals surface area contributed by atoms with Gasteiger partial charge in [0.25, 0.3) is 0 Å². The topological polar surface area (TPSA) is 98.9 Å². The summed E-state index contributed by atoms with van der Waals surface area (Å²) in [5, 5.41) is 12.2. The Balaban J connectivity index is 2.47. The molecule has 7 nitrogen and oxygen atoms in total. The molecule has 0 aliphatic carbocycles. The van der Waals surface area contributed by atoms with Crippen molar-refractivity contribution in [3.63, 3.8) is 0 Å². The van der Waals surface area contributed by atoms with Gasteiger partial charge in [0.1, 0.15) is 0 Å². The average Bonchev–Trinajstić information content (AvgIpc) is 2.51. The van der Waals surface area contributed by atoms with Gasteiger partial charge in [0, 0.05) is 32.2 Å². The maximum absolute atomic E-state index is 12.3. The van der Waals surface area contributed by atoms with E-state index in [4.69, 9.17) is 5.73 Å². The first-order chi connectivity index (χ1) is 10.8. The molecule has 0 bridgehead atoms. The van der Waals surface area contributed by atoms with Crippen molar-refractivity contribution in [3.8, 4) is 0 Å². The van der Waals surface area contributed by atoms with Crippen molar-refractivity contribution in [3.05, 3.63) is 0 Å². The summed E-state index contributed by atoms with van der Waals surface area (Å²) in [5.41, 5.74) is 5.77. The van der Waals surface area contributed by atoms with Gasteiger partial charge in [-0.25, -0.2) is 0 Å². The van der Waals surface area contributed by atoms with E-state index in [-0.39, 0.29) is 36.4 Å². The molecule has 1 saturated heterocycles. The van der Waals surface area contributed by atoms with E-state index in [1.807, 2.05) is 13.8 Å². The summed E-state index contributed by atoms with van der Waals surface area (Å²) in [6.07, 6.45) is 0.546. The number of amides is 2. The molecule has 0 aromatic carbocycles. The quantitative estimate of drug-likeness (QED) is 0.579. The van der Waals surface area contributed by atoms with E-state index >= 15 is 0 Å². The second-order valence-electron chi connectivity index (χ2n) is 6.73. The van der Waals surface area contributed by atoms with E-state index in [9.17, 15) is 14.7 Å². The zero-order valence-corrected chi connectivity index (χ0v) is 14.8. The lowest BCUT2D eigenvalue weighted by Gasteiger charge is -2.41. The van der Waals surface area contributed by atoms with E-state index in [0.717, 1.165) is 13.0 Å². The third-order valence-corrected chi connectivity index (χ3v) is 4.36. The van der Waals surface area contributed by atoms with E-state index in [2.05, 4.69) is 17.1 Å². The van der Waals surface area contributed by atoms with Crippen LogP contribution in [-0.4, -0.2) is 77.6 Å². The number of nitrogens with one attached hydrogen (secondary N) is 1. The number of hydrogen-bond donors (Lipinski definition) is 3. The number of β-amino-alcohol motifs (C(OH)–C–C–N with tert-alkyl or cyclic N) is 1. The molecule has 0 spiro atoms. The molecule has 23 heavy (non-hydrogen) atoms. The predicted molar refractivity (Wildman–Crippen MR) is 89.7 cm³/mol. The van der Waals surface area contributed by atoms with Crippen LogP contribution < -0.4 is 11.1 Å². The standard InChI is InChI=1S/C16H32N4O3/c1-5-13-10-20(7-6-19(13)9-12(4)21)14(22)8-18-16(23)15(17)11(2)3/h11-13,15,21H,5-10,17H2,1-4H3,(H,18,23)/t12?,13?,15-/m0/s1. The first-order valence-electron chi connectivity index (χ1n) is 8.49. The van der Waals surface area contributed by atoms with Gasteiger partial charge in [-0.2, -0.15) is 0 Å². The molecule has 4 N–H and O–H groups in total. The SMILES string of the molecule is CCC1CN(C(=O)CNC(=O)[C@@H](N)C(C)C)CCN1CC(C)O. The number of aliphatic hydroxyl groups is 1. The number of carbonyl (C=O) groups is 2. The van der Waals surface area contributed by atoms with Gasteiger partial charge in [-0.15, -0.1) is 0 Å². The summed E-state index contributed by atoms with van der Waals surface area (Å²) in [6, 6.07) is -0.343. The molecule has 0 aromatic heterocycles. The monoisotopic (exact) mass is 328 g/mol. The maximum Gasteiger partial charge on any atom is 0.242 e. The van der Waals surface area contributed by atoms with Crippen LogP contribution in [0.1, 0.15) is 34.1 Å². The molecule has 0 aromatic rings. The summed E-state index contributed by atoms with van der Waals surface area (Å²) in [4.78, 5) is 28.1. The molecule has 1 rings (SSSR count). The smallest absolute Gasteiger partial charge is 0.242 e. The number of piperazine rings is 1. The molecule has 1 aliphatic heterocycles. The van der Waals surface area contributed by atoms with Crippen molar-refractivity contribution >= 4 is 11.8 Å². The summed E-state index contributed by atoms with van der Waals surface area (Å²) < 4.78 is 0. The van der Waals surface area contributed by atoms with Crippen LogP contribution in [-0.2, 0) is 9.59 Å². The Bertz CT molecular complexity index is 401. The lowest BCUT2D eigenvalue weighted by molar-refractivity contribution is -0.136. The van der Waals surface area contributed by atoms with E-state index in [1.54, 1.807) is 11.8 Å². The van der Waals surface area contributed by atoms with Gasteiger partial charge >= 0.3 is 0 Å². The van der Waals surface area contributed by atoms with Crippen LogP contribution >= 0.6 is 0 Å². The second kappa shape index (κ2) is 9.20. The summed E-state index contributed by atoms with van der Waals surface area (Å²) in [7, 11) is 0. The van der Waals surface area contributed by atoms with Gasteiger partial charge in [-0.3, -0.25) is 14.5 Å². The molecule has 2 amide bonds. The fourth-order valence-corrected chi connectivity index (χ4v) is 2.78. The minimum atomic E-state index is -0.589. The van der Waals surface area contributed by atoms with Gasteiger partial charge in [0.15, 0.2) is 0 Å². The molecule has 3 atom stereocenters. The minimum Gasteiger partial charge on any atom is -0.392 e. The molecule has 1 heterocycles. The van der Waals surface area contributed by atoms with Crippen LogP contribution in [0.4, 0.5) is 0 Å². The van der Waals surface area contributed by atoms with Crippen molar-refractivity contribution < 1.29 is 14.7 Å². The summed E-state index contributed by atoms with van der Waals surface area (Å²) in [5.74, 6) is -0.323. The highest BCUT2D eigenvalue weighted by molar-refractivity contribution is 5.87. The number of nitrogens with zero attached hydrogens (tertiary/aromatic N) is 2. The molecule has 2 unspecified atom stereocenters. The molecule has 1 aliphatic rings. The average molecular weight is 328 g/mol. The molecule has 134 valence electrons. The van der Waals surface area contributed by atoms with Gasteiger partial charge in [0.2, 0.25) is 11.8 Å². The highest BCUT2D eigenvalue weighted by atomic mass is 16.3. The zero-order chi connectivity index (χ0) is 17.6. The maximum atomic E-state index is 12.3. The van der Waals surface area contributed by atoms with Crippen molar-refractivity contribution in [2.45, 2.75) is 52.3 Å². The van der Waals surface area contributed by atoms with Crippen LogP contribution in [0, 0.1) is 5.92 Å². The first kappa shape index (κ1) is 19.9. The third-order valence-electron chi connectivity index (χ3n) is 4.36. The first-order valence-corrected chi connectivity index (χ1v) is 8.49. The molecule has 1 fully saturated rings. The van der Waals surface area contributed by atoms with Gasteiger partial charge in [-0.1, -0.05) is 20.8 Å². The van der Waals surface area contributed by atoms with Crippen molar-refractivity contribution in [1.29, 1.82) is 0 Å². The van der Waals surface area contributed by atoms with Gasteiger partial charge in [0.05, 0.1) is 18.7 Å². The Kier molecular flexibility index (Phi) is 7.94. The van der Waals surface area contributed by atoms with Crippen LogP contribution in [0.25, 0.3) is 0 Å². The van der Waals surface area contributed by atoms with E-state index < -0.39 is 6.04 Å². The van der Waals surface area contributed by atoms with E-state index in [0.29, 0.717) is 19.6 Å². The van der Waals surface area contributed by atoms with Crippen LogP contribution in [0.15, 0.2) is 0 Å². The normalized spacial score (nSPS) is 22.0. The largest absolute Gasteiger partial charge is 0.392 e. The Labute approximate surface area is 139 Å². The van der Waals surface area contributed by atoms with E-state index in [1.165, 1.54) is 0 Å². The molecule has 0 radical (unpaired) electrons. The minimum absolute atomic E-state index is 0.00785. The lowest BCUT2D eigenvalue weighted by atomic mass is 10.1. The number of hydrogen-bond acceptors (Lipinski definition) is 5. The summed E-state index contributed by atoms with van der Waals surface area (Å²) in [6.45, 7) is 10.2. The Morgan fingerprint density at radius 3 is 2.48 bits per heavy atom. The Hall–Kier alpha value is -1.18. The Morgan fingerprint density at radius 2 is 1.96 bits per heavy atom. The van der Waals surface area contributed by atoms with Gasteiger partial charge in [-0.05, 0) is 19.3 Å². The molecular formula is C16H32N4O3. The third kappa shape index (κ3) is 6.08. The number of rotatable bonds is 7. The molecule has 7 heteroatoms. The number of nitrogens with two attached hydrogens (primary N) is 1. The van der Waals surface area contributed by atoms with Gasteiger partial charge < -0.3 is 21.1 Å². The fourth-order valence-electron chi connectivity index (χ4n) is 2.78. The fraction of sp³-hybridized carbons (Fsp3) is 0.875. The lowest BCUT2D eigenvalue weighted by Crippen LogP contribution is -2.57. The van der Waals surface area contributed by atoms with Crippen molar-refractivity contribution in [2.24, 2.45) is 11.7 Å². The van der Waals surface area contributed by atoms with Crippen LogP contribution in [0.3, 0.4) is 0 Å². The van der Waals surface area contributed by atoms with Crippen LogP contribution in [0.2, 0.25) is 0 Å². The highest BCUT2D eigenvalue weighted by Gasteiger charge is 2.29. The van der Waals surface area contributed by atoms with Crippen molar-refractivity contribution in [1.82, 2.24) is 15.1 Å². The molecular weight excluding hydrogens is 296 g/mol. The Morgan fingerprint density at radius 1 is 1.30 bits per heavy atom.